The first-order valence-corrected chi connectivity index (χ1v) is 6.27. The van der Waals surface area contributed by atoms with Crippen molar-refractivity contribution in [3.63, 3.8) is 0 Å². The molecule has 1 heterocycles. The van der Waals surface area contributed by atoms with E-state index in [0.717, 1.165) is 16.8 Å². The van der Waals surface area contributed by atoms with E-state index in [2.05, 4.69) is 10.1 Å². The zero-order valence-corrected chi connectivity index (χ0v) is 11.2. The summed E-state index contributed by atoms with van der Waals surface area (Å²) in [4.78, 5) is 3.47. The third-order valence-corrected chi connectivity index (χ3v) is 3.15. The molecule has 1 aromatic heterocycles. The number of benzene rings is 2. The van der Waals surface area contributed by atoms with E-state index in [1.165, 1.54) is 12.1 Å². The summed E-state index contributed by atoms with van der Waals surface area (Å²) < 4.78 is 42.1. The molecule has 0 N–H and O–H groups in total. The molecule has 0 aliphatic rings. The van der Waals surface area contributed by atoms with Crippen molar-refractivity contribution >= 4 is 11.6 Å². The highest BCUT2D eigenvalue weighted by Crippen LogP contribution is 2.25. The SMILES string of the molecule is Fc1cccc(F)c1-c1nc(F)n(-c2ccccc2Cl)n1. The number of aromatic nitrogens is 3. The Morgan fingerprint density at radius 2 is 1.57 bits per heavy atom. The Balaban J connectivity index is 2.17. The van der Waals surface area contributed by atoms with Gasteiger partial charge in [0.05, 0.1) is 16.3 Å². The lowest BCUT2D eigenvalue weighted by Gasteiger charge is -2.03. The van der Waals surface area contributed by atoms with Crippen LogP contribution in [0.2, 0.25) is 5.02 Å². The maximum Gasteiger partial charge on any atom is 0.312 e. The van der Waals surface area contributed by atoms with Gasteiger partial charge in [0.1, 0.15) is 11.6 Å². The highest BCUT2D eigenvalue weighted by Gasteiger charge is 2.20. The van der Waals surface area contributed by atoms with Crippen molar-refractivity contribution in [3.8, 4) is 17.1 Å². The van der Waals surface area contributed by atoms with E-state index in [0.29, 0.717) is 0 Å². The van der Waals surface area contributed by atoms with E-state index in [4.69, 9.17) is 11.6 Å². The van der Waals surface area contributed by atoms with Crippen LogP contribution in [0.5, 0.6) is 0 Å². The standard InChI is InChI=1S/C14H7ClF3N3/c15-8-4-1-2-7-11(8)21-14(18)19-13(20-21)12-9(16)5-3-6-10(12)17/h1-7H. The highest BCUT2D eigenvalue weighted by atomic mass is 35.5. The van der Waals surface area contributed by atoms with Crippen LogP contribution in [0, 0.1) is 17.7 Å². The minimum Gasteiger partial charge on any atom is -0.206 e. The van der Waals surface area contributed by atoms with Gasteiger partial charge in [-0.3, -0.25) is 0 Å². The molecule has 0 fully saturated rings. The zero-order chi connectivity index (χ0) is 15.0. The highest BCUT2D eigenvalue weighted by molar-refractivity contribution is 6.32. The molecule has 3 aromatic rings. The predicted octanol–water partition coefficient (Wildman–Crippen LogP) is 4.01. The summed E-state index contributed by atoms with van der Waals surface area (Å²) in [6.45, 7) is 0. The van der Waals surface area contributed by atoms with Crippen molar-refractivity contribution in [2.24, 2.45) is 0 Å². The van der Waals surface area contributed by atoms with Gasteiger partial charge in [-0.15, -0.1) is 5.10 Å². The minimum absolute atomic E-state index is 0.229. The first kappa shape index (κ1) is 13.6. The van der Waals surface area contributed by atoms with Crippen molar-refractivity contribution in [1.29, 1.82) is 0 Å². The molecule has 0 radical (unpaired) electrons. The van der Waals surface area contributed by atoms with E-state index >= 15 is 0 Å². The van der Waals surface area contributed by atoms with Crippen LogP contribution in [-0.4, -0.2) is 14.8 Å². The summed E-state index contributed by atoms with van der Waals surface area (Å²) in [6.07, 6.45) is -1.01. The average Bonchev–Trinajstić information content (AvgIpc) is 2.81. The Morgan fingerprint density at radius 1 is 0.905 bits per heavy atom. The van der Waals surface area contributed by atoms with Crippen LogP contribution in [0.3, 0.4) is 0 Å². The molecule has 21 heavy (non-hydrogen) atoms. The van der Waals surface area contributed by atoms with Crippen LogP contribution in [0.15, 0.2) is 42.5 Å². The van der Waals surface area contributed by atoms with E-state index < -0.39 is 23.3 Å². The lowest BCUT2D eigenvalue weighted by atomic mass is 10.2. The van der Waals surface area contributed by atoms with Crippen LogP contribution in [0.25, 0.3) is 17.1 Å². The molecule has 106 valence electrons. The second kappa shape index (κ2) is 5.21. The molecule has 3 nitrogen and oxygen atoms in total. The average molecular weight is 310 g/mol. The molecule has 0 unspecified atom stereocenters. The predicted molar refractivity (Wildman–Crippen MR) is 71.7 cm³/mol. The van der Waals surface area contributed by atoms with E-state index in [1.54, 1.807) is 18.2 Å². The van der Waals surface area contributed by atoms with Gasteiger partial charge >= 0.3 is 6.08 Å². The molecule has 0 aliphatic heterocycles. The van der Waals surface area contributed by atoms with E-state index in [-0.39, 0.29) is 16.5 Å². The Bertz CT molecular complexity index is 797. The van der Waals surface area contributed by atoms with Crippen molar-refractivity contribution in [3.05, 3.63) is 65.2 Å². The number of rotatable bonds is 2. The number of para-hydroxylation sites is 1. The van der Waals surface area contributed by atoms with E-state index in [9.17, 15) is 13.2 Å². The number of hydrogen-bond donors (Lipinski definition) is 0. The second-order valence-corrected chi connectivity index (χ2v) is 4.57. The van der Waals surface area contributed by atoms with Gasteiger partial charge in [0.2, 0.25) is 0 Å². The number of halogens is 4. The van der Waals surface area contributed by atoms with Crippen molar-refractivity contribution in [2.75, 3.05) is 0 Å². The van der Waals surface area contributed by atoms with Crippen LogP contribution in [0.1, 0.15) is 0 Å². The summed E-state index contributed by atoms with van der Waals surface area (Å²) in [5, 5.41) is 4.04. The van der Waals surface area contributed by atoms with Gasteiger partial charge in [-0.1, -0.05) is 29.8 Å². The van der Waals surface area contributed by atoms with Gasteiger partial charge < -0.3 is 0 Å². The molecule has 0 aliphatic carbocycles. The molecule has 7 heteroatoms. The molecule has 0 bridgehead atoms. The van der Waals surface area contributed by atoms with Crippen LogP contribution < -0.4 is 0 Å². The smallest absolute Gasteiger partial charge is 0.206 e. The largest absolute Gasteiger partial charge is 0.312 e. The molecule has 0 amide bonds. The molecule has 0 atom stereocenters. The van der Waals surface area contributed by atoms with Crippen LogP contribution >= 0.6 is 11.6 Å². The van der Waals surface area contributed by atoms with Gasteiger partial charge in [0.25, 0.3) is 0 Å². The van der Waals surface area contributed by atoms with E-state index in [1.807, 2.05) is 0 Å². The van der Waals surface area contributed by atoms with Gasteiger partial charge in [0.15, 0.2) is 5.82 Å². The van der Waals surface area contributed by atoms with Gasteiger partial charge in [-0.05, 0) is 24.3 Å². The normalized spacial score (nSPS) is 10.9. The molecule has 0 saturated carbocycles. The summed E-state index contributed by atoms with van der Waals surface area (Å²) in [6, 6.07) is 9.65. The third-order valence-electron chi connectivity index (χ3n) is 2.83. The topological polar surface area (TPSA) is 30.7 Å². The maximum absolute atomic E-state index is 13.9. The first-order valence-electron chi connectivity index (χ1n) is 5.90. The summed E-state index contributed by atoms with van der Waals surface area (Å²) >= 11 is 5.95. The fourth-order valence-corrected chi connectivity index (χ4v) is 2.10. The van der Waals surface area contributed by atoms with Crippen molar-refractivity contribution in [2.45, 2.75) is 0 Å². The Hall–Kier alpha value is -2.34. The Labute approximate surface area is 122 Å². The van der Waals surface area contributed by atoms with Crippen LogP contribution in [-0.2, 0) is 0 Å². The van der Waals surface area contributed by atoms with Crippen molar-refractivity contribution < 1.29 is 13.2 Å². The second-order valence-electron chi connectivity index (χ2n) is 4.16. The number of hydrogen-bond acceptors (Lipinski definition) is 2. The molecule has 0 spiro atoms. The molecular weight excluding hydrogens is 303 g/mol. The maximum atomic E-state index is 13.9. The molecule has 0 saturated heterocycles. The van der Waals surface area contributed by atoms with Gasteiger partial charge in [-0.2, -0.15) is 14.1 Å². The Morgan fingerprint density at radius 3 is 2.24 bits per heavy atom. The fourth-order valence-electron chi connectivity index (χ4n) is 1.89. The van der Waals surface area contributed by atoms with Crippen molar-refractivity contribution in [1.82, 2.24) is 14.8 Å². The zero-order valence-electron chi connectivity index (χ0n) is 10.4. The lowest BCUT2D eigenvalue weighted by Crippen LogP contribution is -2.01. The summed E-state index contributed by atoms with van der Waals surface area (Å²) in [5.41, 5.74) is -0.255. The fraction of sp³-hybridized carbons (Fsp3) is 0. The minimum atomic E-state index is -1.01. The van der Waals surface area contributed by atoms with Crippen LogP contribution in [0.4, 0.5) is 13.2 Å². The number of nitrogens with zero attached hydrogens (tertiary/aromatic N) is 3. The van der Waals surface area contributed by atoms with Gasteiger partial charge in [-0.25, -0.2) is 8.78 Å². The third kappa shape index (κ3) is 2.38. The monoisotopic (exact) mass is 309 g/mol. The molecule has 2 aromatic carbocycles. The first-order chi connectivity index (χ1) is 10.1. The molecule has 3 rings (SSSR count). The molecular formula is C14H7ClF3N3. The van der Waals surface area contributed by atoms with Gasteiger partial charge in [0, 0.05) is 0 Å². The Kier molecular flexibility index (Phi) is 3.39. The summed E-state index contributed by atoms with van der Waals surface area (Å²) in [5.74, 6) is -2.12. The summed E-state index contributed by atoms with van der Waals surface area (Å²) in [7, 11) is 0. The lowest BCUT2D eigenvalue weighted by molar-refractivity contribution is 0.506. The quantitative estimate of drug-likeness (QED) is 0.716.